The van der Waals surface area contributed by atoms with E-state index in [9.17, 15) is 9.59 Å². The lowest BCUT2D eigenvalue weighted by molar-refractivity contribution is -0.133. The predicted molar refractivity (Wildman–Crippen MR) is 66.7 cm³/mol. The molecule has 92 valence electrons. The summed E-state index contributed by atoms with van der Waals surface area (Å²) < 4.78 is 0. The van der Waals surface area contributed by atoms with Crippen molar-refractivity contribution in [1.82, 2.24) is 10.2 Å². The number of nitrogens with one attached hydrogen (secondary N) is 1. The summed E-state index contributed by atoms with van der Waals surface area (Å²) in [5.74, 6) is -0.0439. The van der Waals surface area contributed by atoms with Gasteiger partial charge < -0.3 is 10.2 Å². The Kier molecular flexibility index (Phi) is 3.47. The molecule has 0 aromatic carbocycles. The second kappa shape index (κ2) is 4.87. The Morgan fingerprint density at radius 1 is 1.47 bits per heavy atom. The van der Waals surface area contributed by atoms with E-state index in [0.717, 1.165) is 4.88 Å². The molecule has 17 heavy (non-hydrogen) atoms. The smallest absolute Gasteiger partial charge is 0.245 e. The highest BCUT2D eigenvalue weighted by Gasteiger charge is 2.26. The zero-order chi connectivity index (χ0) is 12.4. The molecule has 2 amide bonds. The SMILES string of the molecule is Cc1ccc(CN2CCC(=O)NC(C)C2=O)s1. The highest BCUT2D eigenvalue weighted by Crippen LogP contribution is 2.18. The number of amides is 2. The maximum absolute atomic E-state index is 12.0. The Balaban J connectivity index is 2.08. The summed E-state index contributed by atoms with van der Waals surface area (Å²) in [6.07, 6.45) is 0.389. The van der Waals surface area contributed by atoms with Gasteiger partial charge in [-0.3, -0.25) is 9.59 Å². The molecule has 1 fully saturated rings. The van der Waals surface area contributed by atoms with Crippen LogP contribution in [0.5, 0.6) is 0 Å². The summed E-state index contributed by atoms with van der Waals surface area (Å²) >= 11 is 1.69. The largest absolute Gasteiger partial charge is 0.345 e. The highest BCUT2D eigenvalue weighted by atomic mass is 32.1. The van der Waals surface area contributed by atoms with E-state index in [0.29, 0.717) is 19.5 Å². The topological polar surface area (TPSA) is 49.4 Å². The van der Waals surface area contributed by atoms with Crippen LogP contribution in [-0.2, 0) is 16.1 Å². The van der Waals surface area contributed by atoms with Gasteiger partial charge in [0, 0.05) is 22.7 Å². The molecule has 0 saturated carbocycles. The summed E-state index contributed by atoms with van der Waals surface area (Å²) in [6, 6.07) is 3.68. The van der Waals surface area contributed by atoms with Gasteiger partial charge in [0.25, 0.3) is 0 Å². The first-order chi connectivity index (χ1) is 8.06. The van der Waals surface area contributed by atoms with Crippen LogP contribution in [0.25, 0.3) is 0 Å². The van der Waals surface area contributed by atoms with Crippen LogP contribution >= 0.6 is 11.3 Å². The third-order valence-corrected chi connectivity index (χ3v) is 3.80. The minimum Gasteiger partial charge on any atom is -0.345 e. The first-order valence-electron chi connectivity index (χ1n) is 5.70. The lowest BCUT2D eigenvalue weighted by Crippen LogP contribution is -2.42. The van der Waals surface area contributed by atoms with Gasteiger partial charge in [0.15, 0.2) is 0 Å². The van der Waals surface area contributed by atoms with E-state index < -0.39 is 6.04 Å². The summed E-state index contributed by atoms with van der Waals surface area (Å²) in [4.78, 5) is 27.5. The van der Waals surface area contributed by atoms with E-state index in [4.69, 9.17) is 0 Å². The van der Waals surface area contributed by atoms with Crippen LogP contribution in [-0.4, -0.2) is 29.3 Å². The molecule has 1 aliphatic heterocycles. The van der Waals surface area contributed by atoms with Crippen molar-refractivity contribution in [2.24, 2.45) is 0 Å². The van der Waals surface area contributed by atoms with Gasteiger partial charge in [-0.15, -0.1) is 11.3 Å². The number of hydrogen-bond donors (Lipinski definition) is 1. The molecular weight excluding hydrogens is 236 g/mol. The van der Waals surface area contributed by atoms with Crippen molar-refractivity contribution in [3.8, 4) is 0 Å². The van der Waals surface area contributed by atoms with Gasteiger partial charge in [0.1, 0.15) is 6.04 Å². The van der Waals surface area contributed by atoms with Crippen molar-refractivity contribution in [1.29, 1.82) is 0 Å². The fourth-order valence-electron chi connectivity index (χ4n) is 1.91. The molecule has 1 N–H and O–H groups in total. The van der Waals surface area contributed by atoms with Gasteiger partial charge >= 0.3 is 0 Å². The Morgan fingerprint density at radius 3 is 2.88 bits per heavy atom. The van der Waals surface area contributed by atoms with E-state index >= 15 is 0 Å². The van der Waals surface area contributed by atoms with E-state index in [1.54, 1.807) is 23.2 Å². The molecule has 4 nitrogen and oxygen atoms in total. The fourth-order valence-corrected chi connectivity index (χ4v) is 2.82. The molecular formula is C12H16N2O2S. The molecule has 2 rings (SSSR count). The summed E-state index contributed by atoms with van der Waals surface area (Å²) in [7, 11) is 0. The molecule has 0 aliphatic carbocycles. The van der Waals surface area contributed by atoms with E-state index in [-0.39, 0.29) is 11.8 Å². The highest BCUT2D eigenvalue weighted by molar-refractivity contribution is 7.11. The molecule has 1 aromatic heterocycles. The molecule has 0 spiro atoms. The van der Waals surface area contributed by atoms with Crippen LogP contribution in [0.4, 0.5) is 0 Å². The second-order valence-electron chi connectivity index (χ2n) is 4.31. The van der Waals surface area contributed by atoms with Crippen LogP contribution in [0.15, 0.2) is 12.1 Å². The third kappa shape index (κ3) is 2.85. The Bertz CT molecular complexity index is 441. The lowest BCUT2D eigenvalue weighted by atomic mass is 10.3. The quantitative estimate of drug-likeness (QED) is 0.862. The van der Waals surface area contributed by atoms with Crippen molar-refractivity contribution in [2.45, 2.75) is 32.9 Å². The van der Waals surface area contributed by atoms with Gasteiger partial charge in [0.05, 0.1) is 6.54 Å². The van der Waals surface area contributed by atoms with Crippen LogP contribution in [0, 0.1) is 6.92 Å². The van der Waals surface area contributed by atoms with Crippen molar-refractivity contribution < 1.29 is 9.59 Å². The zero-order valence-corrected chi connectivity index (χ0v) is 10.8. The number of rotatable bonds is 2. The van der Waals surface area contributed by atoms with Gasteiger partial charge in [-0.2, -0.15) is 0 Å². The Morgan fingerprint density at radius 2 is 2.24 bits per heavy atom. The van der Waals surface area contributed by atoms with Crippen LogP contribution < -0.4 is 5.32 Å². The van der Waals surface area contributed by atoms with Gasteiger partial charge in [0.2, 0.25) is 11.8 Å². The molecule has 1 aromatic rings. The second-order valence-corrected chi connectivity index (χ2v) is 5.68. The van der Waals surface area contributed by atoms with Gasteiger partial charge in [-0.1, -0.05) is 0 Å². The van der Waals surface area contributed by atoms with Gasteiger partial charge in [-0.05, 0) is 26.0 Å². The molecule has 0 bridgehead atoms. The maximum Gasteiger partial charge on any atom is 0.245 e. The summed E-state index contributed by atoms with van der Waals surface area (Å²) in [5, 5.41) is 2.69. The minimum absolute atomic E-state index is 0.00176. The third-order valence-electron chi connectivity index (χ3n) is 2.81. The van der Waals surface area contributed by atoms with Crippen LogP contribution in [0.2, 0.25) is 0 Å². The first kappa shape index (κ1) is 12.1. The number of hydrogen-bond acceptors (Lipinski definition) is 3. The van der Waals surface area contributed by atoms with Gasteiger partial charge in [-0.25, -0.2) is 0 Å². The number of thiophene rings is 1. The lowest BCUT2D eigenvalue weighted by Gasteiger charge is -2.21. The predicted octanol–water partition coefficient (Wildman–Crippen LogP) is 1.29. The standard InChI is InChI=1S/C12H16N2O2S/c1-8-3-4-10(17-8)7-14-6-5-11(15)13-9(2)12(14)16/h3-4,9H,5-7H2,1-2H3,(H,13,15). The number of carbonyl (C=O) groups is 2. The number of aryl methyl sites for hydroxylation is 1. The monoisotopic (exact) mass is 252 g/mol. The van der Waals surface area contributed by atoms with E-state index in [1.165, 1.54) is 4.88 Å². The van der Waals surface area contributed by atoms with Crippen LogP contribution in [0.3, 0.4) is 0 Å². The first-order valence-corrected chi connectivity index (χ1v) is 6.51. The zero-order valence-electron chi connectivity index (χ0n) is 10.0. The van der Waals surface area contributed by atoms with Crippen molar-refractivity contribution in [3.63, 3.8) is 0 Å². The van der Waals surface area contributed by atoms with Crippen molar-refractivity contribution in [3.05, 3.63) is 21.9 Å². The number of nitrogens with zero attached hydrogens (tertiary/aromatic N) is 1. The van der Waals surface area contributed by atoms with Crippen LogP contribution in [0.1, 0.15) is 23.1 Å². The minimum atomic E-state index is -0.411. The average Bonchev–Trinajstić information content (AvgIpc) is 2.64. The maximum atomic E-state index is 12.0. The Hall–Kier alpha value is -1.36. The molecule has 0 radical (unpaired) electrons. The number of carbonyl (C=O) groups excluding carboxylic acids is 2. The summed E-state index contributed by atoms with van der Waals surface area (Å²) in [6.45, 7) is 4.90. The molecule has 5 heteroatoms. The molecule has 1 aliphatic rings. The normalized spacial score (nSPS) is 21.3. The molecule has 2 heterocycles. The fraction of sp³-hybridized carbons (Fsp3) is 0.500. The average molecular weight is 252 g/mol. The van der Waals surface area contributed by atoms with E-state index in [1.807, 2.05) is 13.0 Å². The summed E-state index contributed by atoms with van der Waals surface area (Å²) in [5.41, 5.74) is 0. The van der Waals surface area contributed by atoms with E-state index in [2.05, 4.69) is 11.4 Å². The Labute approximate surface area is 105 Å². The van der Waals surface area contributed by atoms with Crippen molar-refractivity contribution in [2.75, 3.05) is 6.54 Å². The van der Waals surface area contributed by atoms with Crippen molar-refractivity contribution >= 4 is 23.2 Å². The molecule has 1 atom stereocenters. The molecule has 1 unspecified atom stereocenters. The molecule has 1 saturated heterocycles.